The van der Waals surface area contributed by atoms with Crippen molar-refractivity contribution >= 4 is 71.0 Å². The lowest BCUT2D eigenvalue weighted by atomic mass is 10.0. The molecule has 2 aliphatic heterocycles. The lowest BCUT2D eigenvalue weighted by molar-refractivity contribution is 0.160. The van der Waals surface area contributed by atoms with Crippen LogP contribution < -0.4 is 9.47 Å². The lowest BCUT2D eigenvalue weighted by Gasteiger charge is -2.36. The molecule has 0 fully saturated rings. The molecule has 3 radical (unpaired) electrons. The molecule has 20 heavy (non-hydrogen) atoms. The Morgan fingerprint density at radius 1 is 1.20 bits per heavy atom. The van der Waals surface area contributed by atoms with Crippen molar-refractivity contribution in [1.82, 2.24) is 9.34 Å². The van der Waals surface area contributed by atoms with Crippen LogP contribution in [0.4, 0.5) is 0 Å². The van der Waals surface area contributed by atoms with Crippen LogP contribution >= 0.6 is 58.6 Å². The van der Waals surface area contributed by atoms with E-state index in [0.29, 0.717) is 22.1 Å². The van der Waals surface area contributed by atoms with Gasteiger partial charge >= 0.3 is 0 Å². The van der Waals surface area contributed by atoms with Crippen LogP contribution in [0.15, 0.2) is 12.1 Å². The van der Waals surface area contributed by atoms with E-state index >= 15 is 0 Å². The summed E-state index contributed by atoms with van der Waals surface area (Å²) in [6, 6.07) is 4.03. The average molecular weight is 529 g/mol. The molecule has 0 saturated carbocycles. The minimum Gasteiger partial charge on any atom is -0.478 e. The van der Waals surface area contributed by atoms with E-state index in [4.69, 9.17) is 17.0 Å². The number of fused-ring (bicyclic) bond motifs is 3. The molecule has 10 heteroatoms. The number of hydrogen-bond acceptors (Lipinski definition) is 4. The molecule has 4 nitrogen and oxygen atoms in total. The predicted molar refractivity (Wildman–Crippen MR) is 103 cm³/mol. The zero-order valence-electron chi connectivity index (χ0n) is 10.6. The third kappa shape index (κ3) is 3.40. The summed E-state index contributed by atoms with van der Waals surface area (Å²) in [5.74, 6) is 1.96. The van der Waals surface area contributed by atoms with E-state index in [2.05, 4.69) is 58.6 Å². The first-order valence-corrected chi connectivity index (χ1v) is 12.4. The topological polar surface area (TPSA) is 24.9 Å². The SMILES string of the molecule is [B]P(I)N1COc2ccc3c(c2C1)CN(P[B]I)CO3. The molecule has 2 aliphatic rings. The number of hydrogen-bond donors (Lipinski definition) is 0. The molecule has 2 atom stereocenters. The standard InChI is InChI=1S/C10H11B2I2N2O2P2/c11-20(14)16-4-8-7-3-15(19-12-13)5-17-9(7)1-2-10(8)18-6-16/h1-2,19H,3-6H2. The van der Waals surface area contributed by atoms with Crippen molar-refractivity contribution in [1.29, 1.82) is 0 Å². The molecule has 1 aromatic rings. The van der Waals surface area contributed by atoms with Crippen LogP contribution in [-0.2, 0) is 13.1 Å². The van der Waals surface area contributed by atoms with Crippen molar-refractivity contribution in [3.63, 3.8) is 0 Å². The van der Waals surface area contributed by atoms with Crippen molar-refractivity contribution in [3.8, 4) is 11.5 Å². The van der Waals surface area contributed by atoms with Gasteiger partial charge < -0.3 is 9.47 Å². The Morgan fingerprint density at radius 3 is 2.50 bits per heavy atom. The van der Waals surface area contributed by atoms with E-state index in [9.17, 15) is 0 Å². The van der Waals surface area contributed by atoms with Crippen LogP contribution in [0.1, 0.15) is 11.1 Å². The van der Waals surface area contributed by atoms with Crippen molar-refractivity contribution in [3.05, 3.63) is 23.3 Å². The van der Waals surface area contributed by atoms with Gasteiger partial charge in [-0.25, -0.2) is 4.67 Å². The molecule has 0 saturated heterocycles. The summed E-state index contributed by atoms with van der Waals surface area (Å²) in [5.41, 5.74) is 1.82. The maximum Gasteiger partial charge on any atom is 0.248 e. The summed E-state index contributed by atoms with van der Waals surface area (Å²) in [4.78, 5) is 2.15. The molecule has 2 heterocycles. The maximum atomic E-state index is 6.03. The van der Waals surface area contributed by atoms with Crippen LogP contribution in [-0.4, -0.2) is 35.2 Å². The Labute approximate surface area is 150 Å². The molecule has 2 unspecified atom stereocenters. The summed E-state index contributed by atoms with van der Waals surface area (Å²) in [6.07, 6.45) is 0. The minimum absolute atomic E-state index is 0.574. The van der Waals surface area contributed by atoms with Gasteiger partial charge in [0.1, 0.15) is 32.5 Å². The highest BCUT2D eigenvalue weighted by atomic mass is 127. The first-order valence-electron chi connectivity index (χ1n) is 5.98. The first-order chi connectivity index (χ1) is 9.69. The summed E-state index contributed by atoms with van der Waals surface area (Å²) in [7, 11) is 6.70. The summed E-state index contributed by atoms with van der Waals surface area (Å²) < 4.78 is 16.2. The molecular formula is C10H11B2I2N2O2P2. The highest BCUT2D eigenvalue weighted by molar-refractivity contribution is 14.2. The van der Waals surface area contributed by atoms with Crippen LogP contribution in [0, 0.1) is 0 Å². The van der Waals surface area contributed by atoms with E-state index in [-0.39, 0.29) is 0 Å². The summed E-state index contributed by atoms with van der Waals surface area (Å²) in [5, 5.41) is 0. The second kappa shape index (κ2) is 7.18. The zero-order valence-corrected chi connectivity index (χ0v) is 16.8. The van der Waals surface area contributed by atoms with Gasteiger partial charge in [0, 0.05) is 24.2 Å². The monoisotopic (exact) mass is 529 g/mol. The highest BCUT2D eigenvalue weighted by Gasteiger charge is 2.27. The van der Waals surface area contributed by atoms with E-state index in [1.807, 2.05) is 12.1 Å². The molecule has 0 amide bonds. The van der Waals surface area contributed by atoms with Gasteiger partial charge in [0.25, 0.3) is 0 Å². The van der Waals surface area contributed by atoms with Crippen LogP contribution in [0.25, 0.3) is 0 Å². The first kappa shape index (κ1) is 16.1. The Bertz CT molecular complexity index is 512. The minimum atomic E-state index is -0.656. The molecule has 0 spiro atoms. The van der Waals surface area contributed by atoms with Gasteiger partial charge in [-0.2, -0.15) is 0 Å². The highest BCUT2D eigenvalue weighted by Crippen LogP contribution is 2.48. The second-order valence-corrected chi connectivity index (χ2v) is 11.5. The smallest absolute Gasteiger partial charge is 0.248 e. The third-order valence-corrected chi connectivity index (χ3v) is 7.49. The van der Waals surface area contributed by atoms with E-state index in [1.165, 1.54) is 11.1 Å². The van der Waals surface area contributed by atoms with Crippen LogP contribution in [0.3, 0.4) is 0 Å². The number of halogens is 2. The number of nitrogens with zero attached hydrogens (tertiary/aromatic N) is 2. The quantitative estimate of drug-likeness (QED) is 0.341. The summed E-state index contributed by atoms with van der Waals surface area (Å²) in [6.45, 7) is 2.99. The molecule has 0 aliphatic carbocycles. The number of benzene rings is 1. The fourth-order valence-electron chi connectivity index (χ4n) is 2.30. The normalized spacial score (nSPS) is 20.9. The number of rotatable bonds is 3. The van der Waals surface area contributed by atoms with Crippen molar-refractivity contribution in [2.75, 3.05) is 13.5 Å². The Balaban J connectivity index is 1.90. The summed E-state index contributed by atoms with van der Waals surface area (Å²) >= 11 is 4.56. The van der Waals surface area contributed by atoms with Crippen molar-refractivity contribution in [2.45, 2.75) is 13.1 Å². The number of ether oxygens (including phenoxy) is 2. The van der Waals surface area contributed by atoms with E-state index in [1.54, 1.807) is 0 Å². The predicted octanol–water partition coefficient (Wildman–Crippen LogP) is 3.38. The van der Waals surface area contributed by atoms with Gasteiger partial charge in [0.05, 0.1) is 0 Å². The van der Waals surface area contributed by atoms with Gasteiger partial charge in [0.2, 0.25) is 4.86 Å². The Hall–Kier alpha value is 1.19. The van der Waals surface area contributed by atoms with Crippen LogP contribution in [0.5, 0.6) is 11.5 Å². The van der Waals surface area contributed by atoms with Crippen molar-refractivity contribution < 1.29 is 9.47 Å². The lowest BCUT2D eigenvalue weighted by Crippen LogP contribution is -2.31. The zero-order chi connectivity index (χ0) is 14.1. The molecule has 0 bridgehead atoms. The van der Waals surface area contributed by atoms with Gasteiger partial charge in [-0.15, -0.1) is 22.4 Å². The van der Waals surface area contributed by atoms with Crippen LogP contribution in [0.2, 0.25) is 0 Å². The second-order valence-electron chi connectivity index (χ2n) is 4.46. The Kier molecular flexibility index (Phi) is 5.76. The molecule has 3 rings (SSSR count). The van der Waals surface area contributed by atoms with Crippen molar-refractivity contribution in [2.24, 2.45) is 0 Å². The molecule has 0 N–H and O–H groups in total. The van der Waals surface area contributed by atoms with Gasteiger partial charge in [-0.3, -0.25) is 4.67 Å². The van der Waals surface area contributed by atoms with Gasteiger partial charge in [0.15, 0.2) is 0 Å². The van der Waals surface area contributed by atoms with E-state index < -0.39 is 5.59 Å². The average Bonchev–Trinajstić information content (AvgIpc) is 2.46. The Morgan fingerprint density at radius 2 is 1.85 bits per heavy atom. The molecule has 1 aromatic carbocycles. The maximum absolute atomic E-state index is 6.03. The molecular weight excluding hydrogens is 518 g/mol. The fraction of sp³-hybridized carbons (Fsp3) is 0.400. The van der Waals surface area contributed by atoms with Gasteiger partial charge in [-0.05, 0) is 39.8 Å². The molecule has 103 valence electrons. The largest absolute Gasteiger partial charge is 0.478 e. The van der Waals surface area contributed by atoms with Gasteiger partial charge in [-0.1, -0.05) is 8.61 Å². The fourth-order valence-corrected chi connectivity index (χ4v) is 5.28. The third-order valence-electron chi connectivity index (χ3n) is 3.28. The molecule has 0 aromatic heterocycles. The van der Waals surface area contributed by atoms with E-state index in [0.717, 1.165) is 24.6 Å².